The molecule has 4 N–H and O–H groups in total. The fraction of sp³-hybridized carbons (Fsp3) is 0.318. The van der Waals surface area contributed by atoms with Crippen molar-refractivity contribution in [2.45, 2.75) is 35.6 Å². The minimum Gasteiger partial charge on any atom is -0.399 e. The Morgan fingerprint density at radius 3 is 2.48 bits per heavy atom. The highest BCUT2D eigenvalue weighted by molar-refractivity contribution is 8.09. The maximum Gasteiger partial charge on any atom is 0.169 e. The number of halogens is 2. The fourth-order valence-electron chi connectivity index (χ4n) is 4.16. The summed E-state index contributed by atoms with van der Waals surface area (Å²) in [7, 11) is -3.94. The number of thioether (sulfide) groups is 1. The van der Waals surface area contributed by atoms with E-state index in [1.54, 1.807) is 25.1 Å². The first-order valence-electron chi connectivity index (χ1n) is 9.69. The zero-order chi connectivity index (χ0) is 22.6. The molecule has 0 amide bonds. The molecule has 2 aromatic rings. The number of allylic oxidation sites excluding steroid dienone is 1. The van der Waals surface area contributed by atoms with E-state index in [1.807, 2.05) is 6.07 Å². The summed E-state index contributed by atoms with van der Waals surface area (Å²) >= 11 is 1.23. The van der Waals surface area contributed by atoms with Crippen LogP contribution in [0.4, 0.5) is 14.5 Å². The van der Waals surface area contributed by atoms with Crippen molar-refractivity contribution in [1.82, 2.24) is 0 Å². The Hall–Kier alpha value is -2.39. The summed E-state index contributed by atoms with van der Waals surface area (Å²) in [6.45, 7) is 3.02. The molecule has 5 nitrogen and oxygen atoms in total. The molecule has 0 spiro atoms. The van der Waals surface area contributed by atoms with Crippen molar-refractivity contribution < 1.29 is 17.2 Å². The van der Waals surface area contributed by atoms with Crippen LogP contribution >= 0.6 is 11.8 Å². The minimum absolute atomic E-state index is 0.169. The summed E-state index contributed by atoms with van der Waals surface area (Å²) in [6.07, 6.45) is 0.0466. The van der Waals surface area contributed by atoms with Gasteiger partial charge in [0, 0.05) is 10.6 Å². The van der Waals surface area contributed by atoms with Gasteiger partial charge in [-0.2, -0.15) is 0 Å². The molecule has 2 aromatic carbocycles. The maximum atomic E-state index is 15.1. The number of sulfone groups is 1. The molecule has 2 aliphatic heterocycles. The highest BCUT2D eigenvalue weighted by Gasteiger charge is 2.56. The molecular formula is C22H23F2N3O2S2. The van der Waals surface area contributed by atoms with Crippen molar-refractivity contribution in [3.8, 4) is 0 Å². The van der Waals surface area contributed by atoms with E-state index in [-0.39, 0.29) is 11.4 Å². The Labute approximate surface area is 184 Å². The fourth-order valence-corrected chi connectivity index (χ4v) is 7.76. The summed E-state index contributed by atoms with van der Waals surface area (Å²) in [5.41, 5.74) is 12.3. The van der Waals surface area contributed by atoms with Gasteiger partial charge in [0.2, 0.25) is 0 Å². The van der Waals surface area contributed by atoms with Crippen LogP contribution in [0.15, 0.2) is 59.6 Å². The smallest absolute Gasteiger partial charge is 0.169 e. The molecule has 2 aliphatic rings. The molecule has 0 bridgehead atoms. The second-order valence-electron chi connectivity index (χ2n) is 8.30. The monoisotopic (exact) mass is 463 g/mol. The standard InChI is InChI=1S/C22H23F2N3O2S2/c1-21(19-17(24)11-18(30-19)13-5-3-8-16(25)9-13)12-31(28,29)22(2,20(26)27-21)14-6-4-7-15(23)10-14/h3-11,17,19H,12,25H2,1-2H3,(H2,26,27)/t17?,19?,21-,22-/m0/s1. The lowest BCUT2D eigenvalue weighted by Gasteiger charge is -2.42. The lowest BCUT2D eigenvalue weighted by Crippen LogP contribution is -2.59. The third kappa shape index (κ3) is 3.53. The van der Waals surface area contributed by atoms with Crippen LogP contribution < -0.4 is 11.5 Å². The lowest BCUT2D eigenvalue weighted by atomic mass is 9.93. The quantitative estimate of drug-likeness (QED) is 0.677. The van der Waals surface area contributed by atoms with Crippen LogP contribution in [0.3, 0.4) is 0 Å². The van der Waals surface area contributed by atoms with Crippen molar-refractivity contribution in [2.24, 2.45) is 10.7 Å². The van der Waals surface area contributed by atoms with Crippen molar-refractivity contribution >= 4 is 38.0 Å². The molecule has 2 heterocycles. The van der Waals surface area contributed by atoms with Gasteiger partial charge in [-0.05, 0) is 55.3 Å². The van der Waals surface area contributed by atoms with E-state index in [1.165, 1.54) is 43.0 Å². The average Bonchev–Trinajstić information content (AvgIpc) is 3.08. The normalized spacial score (nSPS) is 32.4. The Morgan fingerprint density at radius 2 is 1.84 bits per heavy atom. The molecular weight excluding hydrogens is 440 g/mol. The van der Waals surface area contributed by atoms with E-state index in [0.29, 0.717) is 10.6 Å². The Kier molecular flexibility index (Phi) is 5.17. The van der Waals surface area contributed by atoms with E-state index in [4.69, 9.17) is 11.5 Å². The number of nitrogen functional groups attached to an aromatic ring is 1. The topological polar surface area (TPSA) is 98.5 Å². The van der Waals surface area contributed by atoms with E-state index < -0.39 is 43.1 Å². The number of amidine groups is 1. The van der Waals surface area contributed by atoms with Crippen LogP contribution in [0.1, 0.15) is 25.0 Å². The van der Waals surface area contributed by atoms with Gasteiger partial charge in [-0.3, -0.25) is 4.99 Å². The van der Waals surface area contributed by atoms with E-state index >= 15 is 4.39 Å². The Balaban J connectivity index is 1.72. The number of nitrogens with two attached hydrogens (primary N) is 2. The number of rotatable bonds is 3. The molecule has 4 rings (SSSR count). The Bertz CT molecular complexity index is 1210. The van der Waals surface area contributed by atoms with Gasteiger partial charge in [0.05, 0.1) is 16.5 Å². The van der Waals surface area contributed by atoms with Gasteiger partial charge in [-0.1, -0.05) is 24.3 Å². The van der Waals surface area contributed by atoms with Gasteiger partial charge < -0.3 is 11.5 Å². The number of nitrogens with zero attached hydrogens (tertiary/aromatic N) is 1. The second-order valence-corrected chi connectivity index (χ2v) is 11.8. The van der Waals surface area contributed by atoms with Gasteiger partial charge in [-0.25, -0.2) is 17.2 Å². The first kappa shape index (κ1) is 21.8. The molecule has 31 heavy (non-hydrogen) atoms. The molecule has 0 fully saturated rings. The van der Waals surface area contributed by atoms with Crippen molar-refractivity contribution in [2.75, 3.05) is 11.5 Å². The molecule has 0 radical (unpaired) electrons. The number of anilines is 1. The van der Waals surface area contributed by atoms with Crippen LogP contribution in [-0.4, -0.2) is 37.0 Å². The highest BCUT2D eigenvalue weighted by atomic mass is 32.2. The van der Waals surface area contributed by atoms with Gasteiger partial charge in [-0.15, -0.1) is 11.8 Å². The van der Waals surface area contributed by atoms with Crippen molar-refractivity contribution in [1.29, 1.82) is 0 Å². The van der Waals surface area contributed by atoms with Crippen molar-refractivity contribution in [3.05, 3.63) is 71.6 Å². The SMILES string of the molecule is C[C@@]1(C2SC(c3cccc(N)c3)=CC2F)CS(=O)(=O)[C@@](C)(c2cccc(F)c2)C(N)=N1. The number of hydrogen-bond acceptors (Lipinski definition) is 6. The number of alkyl halides is 1. The van der Waals surface area contributed by atoms with Gasteiger partial charge in [0.25, 0.3) is 0 Å². The zero-order valence-electron chi connectivity index (χ0n) is 17.0. The third-order valence-electron chi connectivity index (χ3n) is 5.98. The molecule has 0 saturated carbocycles. The molecule has 4 atom stereocenters. The first-order valence-corrected chi connectivity index (χ1v) is 12.2. The van der Waals surface area contributed by atoms with Crippen LogP contribution in [-0.2, 0) is 14.6 Å². The van der Waals surface area contributed by atoms with Gasteiger partial charge in [0.1, 0.15) is 17.8 Å². The Morgan fingerprint density at radius 1 is 1.13 bits per heavy atom. The third-order valence-corrected chi connectivity index (χ3v) is 10.3. The second kappa shape index (κ2) is 7.34. The summed E-state index contributed by atoms with van der Waals surface area (Å²) in [4.78, 5) is 5.20. The summed E-state index contributed by atoms with van der Waals surface area (Å²) in [5, 5.41) is -0.783. The molecule has 164 valence electrons. The van der Waals surface area contributed by atoms with Crippen LogP contribution in [0.25, 0.3) is 4.91 Å². The molecule has 0 aliphatic carbocycles. The summed E-state index contributed by atoms with van der Waals surface area (Å²) in [6, 6.07) is 12.4. The largest absolute Gasteiger partial charge is 0.399 e. The maximum absolute atomic E-state index is 15.1. The van der Waals surface area contributed by atoms with Gasteiger partial charge >= 0.3 is 0 Å². The van der Waals surface area contributed by atoms with Crippen LogP contribution in [0, 0.1) is 5.82 Å². The predicted octanol–water partition coefficient (Wildman–Crippen LogP) is 3.66. The molecule has 2 unspecified atom stereocenters. The van der Waals surface area contributed by atoms with Crippen LogP contribution in [0.2, 0.25) is 0 Å². The number of hydrogen-bond donors (Lipinski definition) is 2. The first-order chi connectivity index (χ1) is 14.5. The summed E-state index contributed by atoms with van der Waals surface area (Å²) < 4.78 is 54.1. The van der Waals surface area contributed by atoms with E-state index in [9.17, 15) is 12.8 Å². The van der Waals surface area contributed by atoms with E-state index in [2.05, 4.69) is 4.99 Å². The predicted molar refractivity (Wildman–Crippen MR) is 123 cm³/mol. The summed E-state index contributed by atoms with van der Waals surface area (Å²) in [5.74, 6) is -1.15. The lowest BCUT2D eigenvalue weighted by molar-refractivity contribution is 0.326. The number of benzene rings is 2. The highest BCUT2D eigenvalue weighted by Crippen LogP contribution is 2.50. The molecule has 9 heteroatoms. The van der Waals surface area contributed by atoms with Crippen LogP contribution in [0.5, 0.6) is 0 Å². The van der Waals surface area contributed by atoms with E-state index in [0.717, 1.165) is 11.6 Å². The minimum atomic E-state index is -3.94. The molecule has 0 aromatic heterocycles. The average molecular weight is 464 g/mol. The molecule has 0 saturated heterocycles. The zero-order valence-corrected chi connectivity index (χ0v) is 18.7. The number of aliphatic imine (C=N–C) groups is 1. The van der Waals surface area contributed by atoms with Crippen molar-refractivity contribution in [3.63, 3.8) is 0 Å². The van der Waals surface area contributed by atoms with Gasteiger partial charge in [0.15, 0.2) is 14.6 Å².